The molecule has 0 aliphatic rings. The highest BCUT2D eigenvalue weighted by Crippen LogP contribution is 2.32. The van der Waals surface area contributed by atoms with Crippen LogP contribution in [-0.4, -0.2) is 4.98 Å². The van der Waals surface area contributed by atoms with Crippen molar-refractivity contribution in [3.63, 3.8) is 0 Å². The number of rotatable bonds is 2. The van der Waals surface area contributed by atoms with E-state index in [2.05, 4.69) is 4.98 Å². The minimum absolute atomic E-state index is 0.180. The van der Waals surface area contributed by atoms with E-state index in [9.17, 15) is 13.2 Å². The van der Waals surface area contributed by atoms with Crippen LogP contribution in [0.4, 0.5) is 18.9 Å². The van der Waals surface area contributed by atoms with Gasteiger partial charge in [-0.3, -0.25) is 0 Å². The Labute approximate surface area is 107 Å². The maximum absolute atomic E-state index is 12.4. The minimum atomic E-state index is -4.36. The molecule has 0 aliphatic carbocycles. The van der Waals surface area contributed by atoms with E-state index >= 15 is 0 Å². The fourth-order valence-corrected chi connectivity index (χ4v) is 1.45. The van der Waals surface area contributed by atoms with Crippen LogP contribution in [0.1, 0.15) is 11.1 Å². The summed E-state index contributed by atoms with van der Waals surface area (Å²) in [7, 11) is 0. The van der Waals surface area contributed by atoms with Gasteiger partial charge in [0.25, 0.3) is 0 Å². The molecule has 6 heteroatoms. The number of benzene rings is 1. The van der Waals surface area contributed by atoms with Crippen molar-refractivity contribution < 1.29 is 17.9 Å². The molecule has 0 amide bonds. The van der Waals surface area contributed by atoms with Gasteiger partial charge in [-0.05, 0) is 42.8 Å². The molecule has 1 aromatic heterocycles. The number of pyridine rings is 1. The van der Waals surface area contributed by atoms with Crippen LogP contribution < -0.4 is 10.5 Å². The lowest BCUT2D eigenvalue weighted by Crippen LogP contribution is -2.04. The van der Waals surface area contributed by atoms with E-state index in [1.165, 1.54) is 18.3 Å². The molecular weight excluding hydrogens is 257 g/mol. The zero-order valence-electron chi connectivity index (χ0n) is 10.0. The van der Waals surface area contributed by atoms with Gasteiger partial charge in [-0.25, -0.2) is 4.98 Å². The highest BCUT2D eigenvalue weighted by molar-refractivity contribution is 5.55. The molecule has 1 heterocycles. The zero-order chi connectivity index (χ0) is 14.0. The lowest BCUT2D eigenvalue weighted by molar-refractivity contribution is -0.137. The van der Waals surface area contributed by atoms with Gasteiger partial charge in [0, 0.05) is 6.20 Å². The van der Waals surface area contributed by atoms with Gasteiger partial charge in [0.15, 0.2) is 0 Å². The van der Waals surface area contributed by atoms with E-state index in [-0.39, 0.29) is 11.6 Å². The number of nitrogen functional groups attached to an aromatic ring is 1. The molecule has 0 atom stereocenters. The highest BCUT2D eigenvalue weighted by atomic mass is 19.4. The highest BCUT2D eigenvalue weighted by Gasteiger charge is 2.30. The first kappa shape index (κ1) is 13.2. The molecular formula is C13H11F3N2O. The molecule has 0 saturated heterocycles. The second-order valence-corrected chi connectivity index (χ2v) is 3.97. The molecule has 2 rings (SSSR count). The van der Waals surface area contributed by atoms with Gasteiger partial charge in [-0.1, -0.05) is 0 Å². The van der Waals surface area contributed by atoms with Gasteiger partial charge in [-0.15, -0.1) is 0 Å². The van der Waals surface area contributed by atoms with Gasteiger partial charge >= 0.3 is 6.18 Å². The van der Waals surface area contributed by atoms with E-state index in [1.807, 2.05) is 0 Å². The topological polar surface area (TPSA) is 48.1 Å². The minimum Gasteiger partial charge on any atom is -0.437 e. The Hall–Kier alpha value is -2.24. The first-order valence-electron chi connectivity index (χ1n) is 5.44. The van der Waals surface area contributed by atoms with Crippen molar-refractivity contribution in [1.82, 2.24) is 4.98 Å². The number of anilines is 1. The summed E-state index contributed by atoms with van der Waals surface area (Å²) >= 11 is 0. The first-order valence-corrected chi connectivity index (χ1v) is 5.44. The molecule has 1 aromatic carbocycles. The summed E-state index contributed by atoms with van der Waals surface area (Å²) in [6, 6.07) is 6.07. The fourth-order valence-electron chi connectivity index (χ4n) is 1.45. The average Bonchev–Trinajstić information content (AvgIpc) is 2.35. The van der Waals surface area contributed by atoms with Crippen molar-refractivity contribution in [3.8, 4) is 11.6 Å². The Kier molecular flexibility index (Phi) is 3.33. The number of aromatic nitrogens is 1. The summed E-state index contributed by atoms with van der Waals surface area (Å²) in [6.07, 6.45) is -2.84. The average molecular weight is 268 g/mol. The largest absolute Gasteiger partial charge is 0.437 e. The van der Waals surface area contributed by atoms with Crippen LogP contribution in [0.15, 0.2) is 36.5 Å². The third-order valence-electron chi connectivity index (χ3n) is 2.57. The third-order valence-corrected chi connectivity index (χ3v) is 2.57. The van der Waals surface area contributed by atoms with Crippen molar-refractivity contribution in [1.29, 1.82) is 0 Å². The van der Waals surface area contributed by atoms with Crippen molar-refractivity contribution in [2.24, 2.45) is 0 Å². The van der Waals surface area contributed by atoms with E-state index in [1.54, 1.807) is 13.0 Å². The van der Waals surface area contributed by atoms with Gasteiger partial charge in [0.1, 0.15) is 5.75 Å². The van der Waals surface area contributed by atoms with Crippen LogP contribution in [-0.2, 0) is 6.18 Å². The smallest absolute Gasteiger partial charge is 0.416 e. The summed E-state index contributed by atoms with van der Waals surface area (Å²) in [5, 5.41) is 0. The van der Waals surface area contributed by atoms with Crippen molar-refractivity contribution >= 4 is 5.69 Å². The van der Waals surface area contributed by atoms with Crippen LogP contribution in [0.3, 0.4) is 0 Å². The van der Waals surface area contributed by atoms with Crippen LogP contribution in [0.2, 0.25) is 0 Å². The molecule has 19 heavy (non-hydrogen) atoms. The molecule has 0 bridgehead atoms. The molecule has 2 aromatic rings. The van der Waals surface area contributed by atoms with E-state index in [4.69, 9.17) is 10.5 Å². The van der Waals surface area contributed by atoms with Crippen LogP contribution in [0.25, 0.3) is 0 Å². The van der Waals surface area contributed by atoms with Crippen LogP contribution in [0, 0.1) is 6.92 Å². The number of nitrogens with two attached hydrogens (primary N) is 1. The first-order chi connectivity index (χ1) is 8.88. The summed E-state index contributed by atoms with van der Waals surface area (Å²) in [4.78, 5) is 3.94. The summed E-state index contributed by atoms with van der Waals surface area (Å²) in [6.45, 7) is 1.79. The quantitative estimate of drug-likeness (QED) is 0.901. The van der Waals surface area contributed by atoms with Gasteiger partial charge in [0.2, 0.25) is 5.88 Å². The SMILES string of the molecule is Cc1ccnc(Oc2ccc(C(F)(F)F)cc2)c1N. The molecule has 2 N–H and O–H groups in total. The lowest BCUT2D eigenvalue weighted by Gasteiger charge is -2.10. The lowest BCUT2D eigenvalue weighted by atomic mass is 10.2. The monoisotopic (exact) mass is 268 g/mol. The predicted molar refractivity (Wildman–Crippen MR) is 64.9 cm³/mol. The van der Waals surface area contributed by atoms with Gasteiger partial charge in [-0.2, -0.15) is 13.2 Å². The van der Waals surface area contributed by atoms with Gasteiger partial charge < -0.3 is 10.5 Å². The number of aryl methyl sites for hydroxylation is 1. The Balaban J connectivity index is 2.23. The summed E-state index contributed by atoms with van der Waals surface area (Å²) in [5.74, 6) is 0.428. The third kappa shape index (κ3) is 2.96. The van der Waals surface area contributed by atoms with Crippen molar-refractivity contribution in [2.75, 3.05) is 5.73 Å². The van der Waals surface area contributed by atoms with Gasteiger partial charge in [0.05, 0.1) is 11.3 Å². The van der Waals surface area contributed by atoms with Crippen LogP contribution >= 0.6 is 0 Å². The number of ether oxygens (including phenoxy) is 1. The zero-order valence-corrected chi connectivity index (χ0v) is 10.0. The second-order valence-electron chi connectivity index (χ2n) is 3.97. The van der Waals surface area contributed by atoms with Crippen molar-refractivity contribution in [2.45, 2.75) is 13.1 Å². The Morgan fingerprint density at radius 1 is 1.11 bits per heavy atom. The Bertz CT molecular complexity index is 579. The van der Waals surface area contributed by atoms with Crippen LogP contribution in [0.5, 0.6) is 11.6 Å². The molecule has 0 radical (unpaired) electrons. The molecule has 0 saturated carbocycles. The number of alkyl halides is 3. The van der Waals surface area contributed by atoms with E-state index in [0.717, 1.165) is 17.7 Å². The van der Waals surface area contributed by atoms with E-state index in [0.29, 0.717) is 5.69 Å². The number of hydrogen-bond donors (Lipinski definition) is 1. The summed E-state index contributed by atoms with van der Waals surface area (Å²) in [5.41, 5.74) is 6.18. The standard InChI is InChI=1S/C13H11F3N2O/c1-8-6-7-18-12(11(8)17)19-10-4-2-9(3-5-10)13(14,15)16/h2-7H,17H2,1H3. The molecule has 100 valence electrons. The molecule has 3 nitrogen and oxygen atoms in total. The number of halogens is 3. The molecule has 0 unspecified atom stereocenters. The van der Waals surface area contributed by atoms with E-state index < -0.39 is 11.7 Å². The number of hydrogen-bond acceptors (Lipinski definition) is 3. The fraction of sp³-hybridized carbons (Fsp3) is 0.154. The normalized spacial score (nSPS) is 11.4. The maximum atomic E-state index is 12.4. The van der Waals surface area contributed by atoms with Crippen molar-refractivity contribution in [3.05, 3.63) is 47.7 Å². The molecule has 0 spiro atoms. The summed E-state index contributed by atoms with van der Waals surface area (Å²) < 4.78 is 42.5. The Morgan fingerprint density at radius 3 is 2.32 bits per heavy atom. The predicted octanol–water partition coefficient (Wildman–Crippen LogP) is 3.78. The maximum Gasteiger partial charge on any atom is 0.416 e. The number of nitrogens with zero attached hydrogens (tertiary/aromatic N) is 1. The molecule has 0 fully saturated rings. The second kappa shape index (κ2) is 4.79. The molecule has 0 aliphatic heterocycles. The Morgan fingerprint density at radius 2 is 1.74 bits per heavy atom.